The maximum Gasteiger partial charge on any atom is 0.300 e. The van der Waals surface area contributed by atoms with E-state index in [1.165, 1.54) is 17.0 Å². The summed E-state index contributed by atoms with van der Waals surface area (Å²) >= 11 is 0. The van der Waals surface area contributed by atoms with Crippen molar-refractivity contribution >= 4 is 17.4 Å². The lowest BCUT2D eigenvalue weighted by Gasteiger charge is -2.29. The molecule has 1 atom stereocenters. The number of nitrogens with zero attached hydrogens (tertiary/aromatic N) is 2. The molecule has 6 heteroatoms. The molecule has 0 aromatic heterocycles. The van der Waals surface area contributed by atoms with Gasteiger partial charge in [0, 0.05) is 12.6 Å². The third kappa shape index (κ3) is 3.21. The van der Waals surface area contributed by atoms with E-state index in [-0.39, 0.29) is 11.6 Å². The van der Waals surface area contributed by atoms with E-state index in [2.05, 4.69) is 4.90 Å². The number of fused-ring (bicyclic) bond motifs is 1. The Balaban J connectivity index is 1.55. The first-order valence-corrected chi connectivity index (χ1v) is 9.21. The maximum absolute atomic E-state index is 13.5. The molecule has 2 aromatic carbocycles. The van der Waals surface area contributed by atoms with Gasteiger partial charge in [0.1, 0.15) is 11.6 Å². The van der Waals surface area contributed by atoms with Crippen LogP contribution in [-0.4, -0.2) is 36.4 Å². The van der Waals surface area contributed by atoms with Crippen molar-refractivity contribution in [2.45, 2.75) is 25.8 Å². The monoisotopic (exact) mass is 368 g/mol. The zero-order chi connectivity index (χ0) is 19.0. The Hall–Kier alpha value is -2.73. The number of ketones is 1. The fourth-order valence-electron chi connectivity index (χ4n) is 3.92. The number of hydrogen-bond acceptors (Lipinski definition) is 4. The number of benzene rings is 2. The largest absolute Gasteiger partial charge is 0.494 e. The number of ether oxygens (including phenoxy) is 1. The lowest BCUT2D eigenvalue weighted by molar-refractivity contribution is -0.114. The van der Waals surface area contributed by atoms with Gasteiger partial charge < -0.3 is 4.74 Å². The first-order valence-electron chi connectivity index (χ1n) is 9.21. The van der Waals surface area contributed by atoms with E-state index >= 15 is 0 Å². The molecular weight excluding hydrogens is 347 g/mol. The van der Waals surface area contributed by atoms with Gasteiger partial charge in [0.15, 0.2) is 0 Å². The van der Waals surface area contributed by atoms with Crippen molar-refractivity contribution in [1.82, 2.24) is 4.90 Å². The van der Waals surface area contributed by atoms with Crippen molar-refractivity contribution < 1.29 is 18.7 Å². The summed E-state index contributed by atoms with van der Waals surface area (Å²) in [6, 6.07) is 12.1. The fraction of sp³-hybridized carbons (Fsp3) is 0.333. The highest BCUT2D eigenvalue weighted by atomic mass is 19.1. The molecule has 27 heavy (non-hydrogen) atoms. The number of carbonyl (C=O) groups excluding carboxylic acids is 2. The third-order valence-electron chi connectivity index (χ3n) is 5.20. The van der Waals surface area contributed by atoms with Crippen molar-refractivity contribution in [3.05, 3.63) is 59.4 Å². The highest BCUT2D eigenvalue weighted by Crippen LogP contribution is 2.36. The Labute approximate surface area is 157 Å². The Morgan fingerprint density at radius 3 is 2.67 bits per heavy atom. The average molecular weight is 368 g/mol. The molecule has 0 spiro atoms. The lowest BCUT2D eigenvalue weighted by atomic mass is 10.0. The summed E-state index contributed by atoms with van der Waals surface area (Å²) in [6.45, 7) is 3.73. The van der Waals surface area contributed by atoms with Crippen molar-refractivity contribution in [2.24, 2.45) is 0 Å². The van der Waals surface area contributed by atoms with Gasteiger partial charge in [-0.3, -0.25) is 19.4 Å². The molecule has 1 amide bonds. The van der Waals surface area contributed by atoms with E-state index in [9.17, 15) is 14.0 Å². The molecular formula is C21H21FN2O3. The topological polar surface area (TPSA) is 49.9 Å². The number of amides is 1. The summed E-state index contributed by atoms with van der Waals surface area (Å²) in [5.74, 6) is -0.901. The van der Waals surface area contributed by atoms with Crippen LogP contribution >= 0.6 is 0 Å². The van der Waals surface area contributed by atoms with E-state index < -0.39 is 17.5 Å². The van der Waals surface area contributed by atoms with Crippen LogP contribution in [0.25, 0.3) is 0 Å². The Bertz CT molecular complexity index is 881. The molecule has 2 aliphatic heterocycles. The van der Waals surface area contributed by atoms with Crippen LogP contribution in [0.4, 0.5) is 10.1 Å². The lowest BCUT2D eigenvalue weighted by Crippen LogP contribution is -2.40. The van der Waals surface area contributed by atoms with Gasteiger partial charge >= 0.3 is 5.91 Å². The number of hydrogen-bond donors (Lipinski definition) is 0. The van der Waals surface area contributed by atoms with Gasteiger partial charge in [-0.15, -0.1) is 0 Å². The molecule has 2 aromatic rings. The van der Waals surface area contributed by atoms with E-state index in [1.807, 2.05) is 31.2 Å². The van der Waals surface area contributed by atoms with Crippen LogP contribution in [0.1, 0.15) is 41.7 Å². The molecule has 5 nitrogen and oxygen atoms in total. The van der Waals surface area contributed by atoms with Gasteiger partial charge in [0.2, 0.25) is 0 Å². The Kier molecular flexibility index (Phi) is 4.66. The maximum atomic E-state index is 13.5. The summed E-state index contributed by atoms with van der Waals surface area (Å²) in [6.07, 6.45) is 2.00. The van der Waals surface area contributed by atoms with Crippen LogP contribution in [0.3, 0.4) is 0 Å². The van der Waals surface area contributed by atoms with E-state index in [1.54, 1.807) is 0 Å². The quantitative estimate of drug-likeness (QED) is 0.758. The molecule has 0 unspecified atom stereocenters. The number of anilines is 1. The first-order chi connectivity index (χ1) is 13.1. The number of carbonyl (C=O) groups is 2. The highest BCUT2D eigenvalue weighted by Gasteiger charge is 2.38. The van der Waals surface area contributed by atoms with Crippen molar-refractivity contribution in [3.8, 4) is 5.75 Å². The summed E-state index contributed by atoms with van der Waals surface area (Å²) in [5, 5.41) is 0. The minimum atomic E-state index is -0.638. The molecule has 0 N–H and O–H groups in total. The highest BCUT2D eigenvalue weighted by molar-refractivity contribution is 6.52. The Morgan fingerprint density at radius 2 is 1.93 bits per heavy atom. The second-order valence-corrected chi connectivity index (χ2v) is 6.84. The van der Waals surface area contributed by atoms with Crippen LogP contribution in [0.5, 0.6) is 5.75 Å². The molecule has 2 aliphatic rings. The van der Waals surface area contributed by atoms with Crippen molar-refractivity contribution in [3.63, 3.8) is 0 Å². The third-order valence-corrected chi connectivity index (χ3v) is 5.20. The molecule has 0 saturated carbocycles. The van der Waals surface area contributed by atoms with E-state index in [4.69, 9.17) is 4.74 Å². The second kappa shape index (κ2) is 7.12. The average Bonchev–Trinajstić information content (AvgIpc) is 3.22. The number of halogens is 1. The predicted molar refractivity (Wildman–Crippen MR) is 99.4 cm³/mol. The first kappa shape index (κ1) is 17.7. The van der Waals surface area contributed by atoms with Crippen molar-refractivity contribution in [1.29, 1.82) is 0 Å². The Morgan fingerprint density at radius 1 is 1.15 bits per heavy atom. The molecule has 0 aliphatic carbocycles. The molecule has 2 heterocycles. The molecule has 1 saturated heterocycles. The zero-order valence-electron chi connectivity index (χ0n) is 15.2. The minimum Gasteiger partial charge on any atom is -0.494 e. The van der Waals surface area contributed by atoms with Gasteiger partial charge in [-0.25, -0.2) is 4.39 Å². The van der Waals surface area contributed by atoms with E-state index in [0.717, 1.165) is 36.8 Å². The summed E-state index contributed by atoms with van der Waals surface area (Å²) < 4.78 is 19.0. The summed E-state index contributed by atoms with van der Waals surface area (Å²) in [4.78, 5) is 28.3. The number of rotatable bonds is 5. The van der Waals surface area contributed by atoms with Gasteiger partial charge in [0.25, 0.3) is 5.78 Å². The van der Waals surface area contributed by atoms with Crippen LogP contribution in [0.15, 0.2) is 42.5 Å². The van der Waals surface area contributed by atoms with Gasteiger partial charge in [-0.2, -0.15) is 0 Å². The summed E-state index contributed by atoms with van der Waals surface area (Å²) in [5.41, 5.74) is 1.80. The number of likely N-dealkylation sites (tertiary alicyclic amines) is 1. The fourth-order valence-corrected chi connectivity index (χ4v) is 3.92. The zero-order valence-corrected chi connectivity index (χ0v) is 15.2. The van der Waals surface area contributed by atoms with Crippen LogP contribution < -0.4 is 9.64 Å². The standard InChI is InChI=1S/C21H21FN2O3/c1-2-27-16-8-5-14(6-9-16)18-4-3-11-23(18)13-24-19-10-7-15(22)12-17(19)20(25)21(24)26/h5-10,12,18H,2-4,11,13H2,1H3/t18-/m1/s1. The SMILES string of the molecule is CCOc1ccc([C@H]2CCCN2CN2C(=O)C(=O)c3cc(F)ccc32)cc1. The number of Topliss-reactive ketones (excluding diaryl/α,β-unsaturated/α-hetero) is 1. The van der Waals surface area contributed by atoms with Crippen LogP contribution in [0, 0.1) is 5.82 Å². The molecule has 4 rings (SSSR count). The molecule has 1 fully saturated rings. The molecule has 0 radical (unpaired) electrons. The normalized spacial score (nSPS) is 19.6. The van der Waals surface area contributed by atoms with E-state index in [0.29, 0.717) is 19.0 Å². The second-order valence-electron chi connectivity index (χ2n) is 6.84. The smallest absolute Gasteiger partial charge is 0.300 e. The summed E-state index contributed by atoms with van der Waals surface area (Å²) in [7, 11) is 0. The van der Waals surface area contributed by atoms with Gasteiger partial charge in [-0.05, 0) is 55.7 Å². The van der Waals surface area contributed by atoms with Crippen LogP contribution in [-0.2, 0) is 4.79 Å². The predicted octanol–water partition coefficient (Wildman–Crippen LogP) is 3.55. The van der Waals surface area contributed by atoms with Gasteiger partial charge in [-0.1, -0.05) is 12.1 Å². The minimum absolute atomic E-state index is 0.150. The molecule has 0 bridgehead atoms. The molecule has 140 valence electrons. The van der Waals surface area contributed by atoms with Crippen molar-refractivity contribution in [2.75, 3.05) is 24.7 Å². The van der Waals surface area contributed by atoms with Gasteiger partial charge in [0.05, 0.1) is 24.5 Å². The van der Waals surface area contributed by atoms with Crippen LogP contribution in [0.2, 0.25) is 0 Å².